The van der Waals surface area contributed by atoms with E-state index in [4.69, 9.17) is 0 Å². The Kier molecular flexibility index (Phi) is 3.41. The van der Waals surface area contributed by atoms with Crippen molar-refractivity contribution in [1.29, 1.82) is 0 Å². The molecule has 0 aromatic carbocycles. The highest BCUT2D eigenvalue weighted by Crippen LogP contribution is 2.02. The summed E-state index contributed by atoms with van der Waals surface area (Å²) in [5.41, 5.74) is 0. The van der Waals surface area contributed by atoms with Gasteiger partial charge >= 0.3 is 0 Å². The van der Waals surface area contributed by atoms with Gasteiger partial charge in [-0.2, -0.15) is 5.10 Å². The molecule has 6 heteroatoms. The van der Waals surface area contributed by atoms with Crippen LogP contribution in [0.5, 0.6) is 0 Å². The topological polar surface area (TPSA) is 55.6 Å². The van der Waals surface area contributed by atoms with Crippen molar-refractivity contribution in [3.8, 4) is 0 Å². The van der Waals surface area contributed by atoms with Crippen molar-refractivity contribution >= 4 is 11.3 Å². The Morgan fingerprint density at radius 1 is 1.47 bits per heavy atom. The molecular formula is C9H13N5S. The lowest BCUT2D eigenvalue weighted by molar-refractivity contribution is 0.659. The fourth-order valence-corrected chi connectivity index (χ4v) is 1.82. The standard InChI is InChI=1S/C9H13N5S/c1-14-7-12-8(13-14)2-3-10-6-9-11-4-5-15-9/h4-5,7,10H,2-3,6H2,1H3. The summed E-state index contributed by atoms with van der Waals surface area (Å²) in [5, 5.41) is 10.6. The van der Waals surface area contributed by atoms with E-state index in [1.807, 2.05) is 18.6 Å². The number of aryl methyl sites for hydroxylation is 1. The number of thiazole rings is 1. The van der Waals surface area contributed by atoms with Crippen molar-refractivity contribution < 1.29 is 0 Å². The number of hydrogen-bond acceptors (Lipinski definition) is 5. The Hall–Kier alpha value is -1.27. The van der Waals surface area contributed by atoms with Crippen LogP contribution < -0.4 is 5.32 Å². The zero-order valence-corrected chi connectivity index (χ0v) is 9.37. The molecule has 80 valence electrons. The third kappa shape index (κ3) is 3.10. The van der Waals surface area contributed by atoms with Crippen LogP contribution in [-0.4, -0.2) is 26.3 Å². The minimum Gasteiger partial charge on any atom is -0.310 e. The summed E-state index contributed by atoms with van der Waals surface area (Å²) in [7, 11) is 1.87. The van der Waals surface area contributed by atoms with E-state index in [-0.39, 0.29) is 0 Å². The van der Waals surface area contributed by atoms with Crippen LogP contribution in [0.15, 0.2) is 17.9 Å². The lowest BCUT2D eigenvalue weighted by atomic mass is 10.4. The summed E-state index contributed by atoms with van der Waals surface area (Å²) in [5.74, 6) is 0.879. The van der Waals surface area contributed by atoms with Crippen LogP contribution >= 0.6 is 11.3 Å². The third-order valence-electron chi connectivity index (χ3n) is 1.93. The molecule has 1 N–H and O–H groups in total. The molecule has 0 bridgehead atoms. The zero-order valence-electron chi connectivity index (χ0n) is 8.55. The van der Waals surface area contributed by atoms with Crippen LogP contribution in [0, 0.1) is 0 Å². The number of nitrogens with one attached hydrogen (secondary N) is 1. The first-order valence-corrected chi connectivity index (χ1v) is 5.66. The van der Waals surface area contributed by atoms with Gasteiger partial charge in [0.15, 0.2) is 5.82 Å². The Morgan fingerprint density at radius 2 is 2.40 bits per heavy atom. The van der Waals surface area contributed by atoms with Gasteiger partial charge in [0.2, 0.25) is 0 Å². The Bertz CT molecular complexity index is 394. The van der Waals surface area contributed by atoms with Crippen LogP contribution in [0.25, 0.3) is 0 Å². The maximum atomic E-state index is 4.20. The maximum Gasteiger partial charge on any atom is 0.151 e. The second kappa shape index (κ2) is 4.99. The number of aromatic nitrogens is 4. The van der Waals surface area contributed by atoms with E-state index in [1.54, 1.807) is 22.3 Å². The molecular weight excluding hydrogens is 210 g/mol. The lowest BCUT2D eigenvalue weighted by Crippen LogP contribution is -2.17. The van der Waals surface area contributed by atoms with Crippen molar-refractivity contribution in [2.75, 3.05) is 6.54 Å². The first-order valence-electron chi connectivity index (χ1n) is 4.78. The van der Waals surface area contributed by atoms with Crippen molar-refractivity contribution in [2.24, 2.45) is 7.05 Å². The summed E-state index contributed by atoms with van der Waals surface area (Å²) >= 11 is 1.66. The fraction of sp³-hybridized carbons (Fsp3) is 0.444. The van der Waals surface area contributed by atoms with Crippen LogP contribution in [0.1, 0.15) is 10.8 Å². The monoisotopic (exact) mass is 223 g/mol. The molecule has 0 amide bonds. The van der Waals surface area contributed by atoms with Crippen LogP contribution in [0.2, 0.25) is 0 Å². The summed E-state index contributed by atoms with van der Waals surface area (Å²) in [6.07, 6.45) is 4.39. The average molecular weight is 223 g/mol. The lowest BCUT2D eigenvalue weighted by Gasteiger charge is -1.99. The molecule has 2 aromatic rings. The summed E-state index contributed by atoms with van der Waals surface area (Å²) in [6.45, 7) is 1.70. The van der Waals surface area contributed by atoms with Crippen molar-refractivity contribution in [3.05, 3.63) is 28.7 Å². The predicted molar refractivity (Wildman–Crippen MR) is 58.5 cm³/mol. The zero-order chi connectivity index (χ0) is 10.5. The first-order chi connectivity index (χ1) is 7.34. The molecule has 0 aliphatic carbocycles. The summed E-state index contributed by atoms with van der Waals surface area (Å²) in [6, 6.07) is 0. The highest BCUT2D eigenvalue weighted by molar-refractivity contribution is 7.09. The number of rotatable bonds is 5. The highest BCUT2D eigenvalue weighted by atomic mass is 32.1. The highest BCUT2D eigenvalue weighted by Gasteiger charge is 1.98. The number of hydrogen-bond donors (Lipinski definition) is 1. The molecule has 2 heterocycles. The number of nitrogens with zero attached hydrogens (tertiary/aromatic N) is 4. The van der Waals surface area contributed by atoms with Gasteiger partial charge in [-0.3, -0.25) is 4.68 Å². The molecule has 0 spiro atoms. The average Bonchev–Trinajstić information content (AvgIpc) is 2.84. The van der Waals surface area contributed by atoms with E-state index in [9.17, 15) is 0 Å². The van der Waals surface area contributed by atoms with Gasteiger partial charge in [0.05, 0.1) is 0 Å². The van der Waals surface area contributed by atoms with Gasteiger partial charge < -0.3 is 5.32 Å². The molecule has 0 radical (unpaired) electrons. The van der Waals surface area contributed by atoms with E-state index >= 15 is 0 Å². The van der Waals surface area contributed by atoms with Crippen molar-refractivity contribution in [2.45, 2.75) is 13.0 Å². The van der Waals surface area contributed by atoms with E-state index in [0.717, 1.165) is 30.3 Å². The second-order valence-electron chi connectivity index (χ2n) is 3.19. The molecule has 2 aromatic heterocycles. The third-order valence-corrected chi connectivity index (χ3v) is 2.71. The van der Waals surface area contributed by atoms with E-state index in [2.05, 4.69) is 20.4 Å². The Balaban J connectivity index is 1.67. The molecule has 0 unspecified atom stereocenters. The van der Waals surface area contributed by atoms with Gasteiger partial charge in [0.1, 0.15) is 11.3 Å². The molecule has 0 fully saturated rings. The van der Waals surface area contributed by atoms with E-state index in [1.165, 1.54) is 0 Å². The normalized spacial score (nSPS) is 10.7. The van der Waals surface area contributed by atoms with Gasteiger partial charge in [0, 0.05) is 38.1 Å². The molecule has 0 saturated heterocycles. The fourth-order valence-electron chi connectivity index (χ4n) is 1.23. The molecule has 0 atom stereocenters. The smallest absolute Gasteiger partial charge is 0.151 e. The van der Waals surface area contributed by atoms with Crippen molar-refractivity contribution in [1.82, 2.24) is 25.1 Å². The molecule has 0 saturated carbocycles. The Morgan fingerprint density at radius 3 is 3.07 bits per heavy atom. The van der Waals surface area contributed by atoms with Crippen molar-refractivity contribution in [3.63, 3.8) is 0 Å². The largest absolute Gasteiger partial charge is 0.310 e. The minimum absolute atomic E-state index is 0.824. The molecule has 0 aliphatic rings. The molecule has 5 nitrogen and oxygen atoms in total. The predicted octanol–water partition coefficient (Wildman–Crippen LogP) is 0.604. The van der Waals surface area contributed by atoms with Gasteiger partial charge in [-0.15, -0.1) is 11.3 Å². The maximum absolute atomic E-state index is 4.20. The van der Waals surface area contributed by atoms with E-state index < -0.39 is 0 Å². The minimum atomic E-state index is 0.824. The van der Waals surface area contributed by atoms with Gasteiger partial charge in [-0.05, 0) is 0 Å². The van der Waals surface area contributed by atoms with Gasteiger partial charge in [-0.25, -0.2) is 9.97 Å². The summed E-state index contributed by atoms with van der Waals surface area (Å²) in [4.78, 5) is 8.33. The first kappa shape index (κ1) is 10.3. The second-order valence-corrected chi connectivity index (χ2v) is 4.17. The summed E-state index contributed by atoms with van der Waals surface area (Å²) < 4.78 is 1.72. The van der Waals surface area contributed by atoms with E-state index in [0.29, 0.717) is 0 Å². The van der Waals surface area contributed by atoms with Gasteiger partial charge in [0.25, 0.3) is 0 Å². The molecule has 0 aliphatic heterocycles. The SMILES string of the molecule is Cn1cnc(CCNCc2nccs2)n1. The Labute approximate surface area is 92.2 Å². The molecule has 2 rings (SSSR count). The molecule has 15 heavy (non-hydrogen) atoms. The van der Waals surface area contributed by atoms with Gasteiger partial charge in [-0.1, -0.05) is 0 Å². The van der Waals surface area contributed by atoms with Crippen LogP contribution in [-0.2, 0) is 20.0 Å². The quantitative estimate of drug-likeness (QED) is 0.754. The van der Waals surface area contributed by atoms with Crippen LogP contribution in [0.4, 0.5) is 0 Å². The van der Waals surface area contributed by atoms with Crippen LogP contribution in [0.3, 0.4) is 0 Å².